The second-order valence-corrected chi connectivity index (χ2v) is 8.28. The van der Waals surface area contributed by atoms with Gasteiger partial charge in [0.15, 0.2) is 0 Å². The quantitative estimate of drug-likeness (QED) is 0.598. The van der Waals surface area contributed by atoms with Crippen molar-refractivity contribution in [3.8, 4) is 11.3 Å². The molecular formula is C23H21Cl2N3O3. The van der Waals surface area contributed by atoms with E-state index >= 15 is 0 Å². The van der Waals surface area contributed by atoms with Gasteiger partial charge in [0.1, 0.15) is 17.0 Å². The Morgan fingerprint density at radius 2 is 1.68 bits per heavy atom. The van der Waals surface area contributed by atoms with Crippen LogP contribution >= 0.6 is 23.2 Å². The fraction of sp³-hybridized carbons (Fsp3) is 0.261. The average molecular weight is 458 g/mol. The number of nitrogens with zero attached hydrogens (tertiary/aromatic N) is 2. The smallest absolute Gasteiger partial charge is 0.259 e. The lowest BCUT2D eigenvalue weighted by Gasteiger charge is -2.32. The van der Waals surface area contributed by atoms with Gasteiger partial charge < -0.3 is 14.7 Å². The number of likely N-dealkylation sites (tertiary alicyclic amines) is 1. The molecule has 2 amide bonds. The highest BCUT2D eigenvalue weighted by atomic mass is 35.5. The van der Waals surface area contributed by atoms with Gasteiger partial charge in [0.2, 0.25) is 0 Å². The Balaban J connectivity index is 1.46. The molecule has 1 aliphatic rings. The van der Waals surface area contributed by atoms with E-state index in [9.17, 15) is 9.59 Å². The Morgan fingerprint density at radius 1 is 1.03 bits per heavy atom. The molecule has 2 heterocycles. The van der Waals surface area contributed by atoms with Gasteiger partial charge in [0.25, 0.3) is 11.8 Å². The predicted octanol–water partition coefficient (Wildman–Crippen LogP) is 4.99. The summed E-state index contributed by atoms with van der Waals surface area (Å²) in [7, 11) is 0. The fourth-order valence-corrected chi connectivity index (χ4v) is 4.34. The third kappa shape index (κ3) is 4.45. The Morgan fingerprint density at radius 3 is 2.32 bits per heavy atom. The SMILES string of the molecule is Cc1onc(-c2c(Cl)cccc2Cl)c1C(=O)N1CCC(NC(=O)c2ccccc2)CC1. The van der Waals surface area contributed by atoms with E-state index in [1.54, 1.807) is 42.2 Å². The van der Waals surface area contributed by atoms with Crippen molar-refractivity contribution in [3.05, 3.63) is 75.5 Å². The minimum atomic E-state index is -0.183. The molecule has 31 heavy (non-hydrogen) atoms. The molecule has 2 aromatic carbocycles. The lowest BCUT2D eigenvalue weighted by Crippen LogP contribution is -2.46. The van der Waals surface area contributed by atoms with E-state index in [-0.39, 0.29) is 17.9 Å². The molecule has 3 aromatic rings. The molecule has 160 valence electrons. The standard InChI is InChI=1S/C23H21Cl2N3O3/c1-14-19(21(27-31-14)20-17(24)8-5-9-18(20)25)23(30)28-12-10-16(11-13-28)26-22(29)15-6-3-2-4-7-15/h2-9,16H,10-13H2,1H3,(H,26,29). The van der Waals surface area contributed by atoms with E-state index in [2.05, 4.69) is 10.5 Å². The molecule has 1 fully saturated rings. The van der Waals surface area contributed by atoms with Crippen molar-refractivity contribution >= 4 is 35.0 Å². The summed E-state index contributed by atoms with van der Waals surface area (Å²) in [5.41, 5.74) is 1.82. The van der Waals surface area contributed by atoms with E-state index in [0.717, 1.165) is 0 Å². The molecule has 0 spiro atoms. The first-order chi connectivity index (χ1) is 15.0. The highest BCUT2D eigenvalue weighted by molar-refractivity contribution is 6.39. The van der Waals surface area contributed by atoms with Crippen molar-refractivity contribution < 1.29 is 14.1 Å². The number of nitrogens with one attached hydrogen (secondary N) is 1. The number of hydrogen-bond acceptors (Lipinski definition) is 4. The molecule has 0 aliphatic carbocycles. The van der Waals surface area contributed by atoms with Crippen LogP contribution in [0.2, 0.25) is 10.0 Å². The maximum Gasteiger partial charge on any atom is 0.259 e. The lowest BCUT2D eigenvalue weighted by atomic mass is 10.0. The van der Waals surface area contributed by atoms with E-state index < -0.39 is 0 Å². The highest BCUT2D eigenvalue weighted by Crippen LogP contribution is 2.37. The van der Waals surface area contributed by atoms with Crippen molar-refractivity contribution in [1.29, 1.82) is 0 Å². The van der Waals surface area contributed by atoms with Crippen LogP contribution < -0.4 is 5.32 Å². The van der Waals surface area contributed by atoms with Crippen LogP contribution in [0.5, 0.6) is 0 Å². The lowest BCUT2D eigenvalue weighted by molar-refractivity contribution is 0.0697. The second-order valence-electron chi connectivity index (χ2n) is 7.46. The molecule has 1 aliphatic heterocycles. The fourth-order valence-electron chi connectivity index (χ4n) is 3.76. The van der Waals surface area contributed by atoms with Crippen molar-refractivity contribution in [2.45, 2.75) is 25.8 Å². The van der Waals surface area contributed by atoms with E-state index in [1.807, 2.05) is 18.2 Å². The van der Waals surface area contributed by atoms with E-state index in [4.69, 9.17) is 27.7 Å². The summed E-state index contributed by atoms with van der Waals surface area (Å²) in [6.45, 7) is 2.72. The largest absolute Gasteiger partial charge is 0.360 e. The molecule has 6 nitrogen and oxygen atoms in total. The Labute approximate surface area is 190 Å². The summed E-state index contributed by atoms with van der Waals surface area (Å²) in [6, 6.07) is 14.2. The maximum absolute atomic E-state index is 13.3. The van der Waals surface area contributed by atoms with Crippen LogP contribution in [0.25, 0.3) is 11.3 Å². The zero-order valence-corrected chi connectivity index (χ0v) is 18.4. The summed E-state index contributed by atoms with van der Waals surface area (Å²) in [6.07, 6.45) is 1.33. The van der Waals surface area contributed by atoms with Crippen molar-refractivity contribution in [1.82, 2.24) is 15.4 Å². The molecule has 4 rings (SSSR count). The maximum atomic E-state index is 13.3. The van der Waals surface area contributed by atoms with Gasteiger partial charge in [-0.2, -0.15) is 0 Å². The zero-order chi connectivity index (χ0) is 22.0. The van der Waals surface area contributed by atoms with Crippen LogP contribution in [0.1, 0.15) is 39.3 Å². The highest BCUT2D eigenvalue weighted by Gasteiger charge is 2.31. The van der Waals surface area contributed by atoms with Gasteiger partial charge >= 0.3 is 0 Å². The van der Waals surface area contributed by atoms with Crippen LogP contribution in [0.4, 0.5) is 0 Å². The first kappa shape index (κ1) is 21.4. The molecule has 0 radical (unpaired) electrons. The number of carbonyl (C=O) groups is 2. The molecule has 0 saturated carbocycles. The number of amides is 2. The molecule has 1 aromatic heterocycles. The summed E-state index contributed by atoms with van der Waals surface area (Å²) in [4.78, 5) is 27.4. The minimum Gasteiger partial charge on any atom is -0.360 e. The number of aromatic nitrogens is 1. The van der Waals surface area contributed by atoms with Gasteiger partial charge in [-0.3, -0.25) is 9.59 Å². The van der Waals surface area contributed by atoms with Gasteiger partial charge in [-0.15, -0.1) is 0 Å². The Kier molecular flexibility index (Phi) is 6.30. The van der Waals surface area contributed by atoms with E-state index in [1.165, 1.54) is 0 Å². The van der Waals surface area contributed by atoms with Gasteiger partial charge in [0, 0.05) is 30.3 Å². The zero-order valence-electron chi connectivity index (χ0n) is 16.9. The number of benzene rings is 2. The average Bonchev–Trinajstić information content (AvgIpc) is 3.15. The van der Waals surface area contributed by atoms with E-state index in [0.29, 0.717) is 64.1 Å². The third-order valence-electron chi connectivity index (χ3n) is 5.43. The molecule has 1 saturated heterocycles. The molecule has 1 N–H and O–H groups in total. The Hall–Kier alpha value is -2.83. The summed E-state index contributed by atoms with van der Waals surface area (Å²) >= 11 is 12.6. The molecule has 0 bridgehead atoms. The number of hydrogen-bond donors (Lipinski definition) is 1. The van der Waals surface area contributed by atoms with Crippen LogP contribution in [-0.4, -0.2) is 41.0 Å². The normalized spacial score (nSPS) is 14.5. The minimum absolute atomic E-state index is 0.0119. The number of halogens is 2. The topological polar surface area (TPSA) is 75.4 Å². The van der Waals surface area contributed by atoms with Gasteiger partial charge in [-0.25, -0.2) is 0 Å². The first-order valence-corrected chi connectivity index (χ1v) is 10.8. The predicted molar refractivity (Wildman–Crippen MR) is 120 cm³/mol. The number of aryl methyl sites for hydroxylation is 1. The molecular weight excluding hydrogens is 437 g/mol. The van der Waals surface area contributed by atoms with Gasteiger partial charge in [0.05, 0.1) is 10.0 Å². The molecule has 0 atom stereocenters. The number of piperidine rings is 1. The monoisotopic (exact) mass is 457 g/mol. The van der Waals surface area contributed by atoms with Crippen molar-refractivity contribution in [2.75, 3.05) is 13.1 Å². The van der Waals surface area contributed by atoms with Gasteiger partial charge in [-0.1, -0.05) is 52.6 Å². The van der Waals surface area contributed by atoms with Gasteiger partial charge in [-0.05, 0) is 44.0 Å². The number of carbonyl (C=O) groups excluding carboxylic acids is 2. The van der Waals surface area contributed by atoms with Crippen LogP contribution in [-0.2, 0) is 0 Å². The van der Waals surface area contributed by atoms with Crippen LogP contribution in [0.15, 0.2) is 53.1 Å². The summed E-state index contributed by atoms with van der Waals surface area (Å²) in [5.74, 6) is 0.129. The summed E-state index contributed by atoms with van der Waals surface area (Å²) < 4.78 is 5.32. The van der Waals surface area contributed by atoms with Crippen molar-refractivity contribution in [2.24, 2.45) is 0 Å². The summed E-state index contributed by atoms with van der Waals surface area (Å²) in [5, 5.41) is 7.91. The number of rotatable bonds is 4. The molecule has 0 unspecified atom stereocenters. The van der Waals surface area contributed by atoms with Crippen LogP contribution in [0, 0.1) is 6.92 Å². The Bertz CT molecular complexity index is 1090. The first-order valence-electron chi connectivity index (χ1n) is 10.0. The van der Waals surface area contributed by atoms with Crippen molar-refractivity contribution in [3.63, 3.8) is 0 Å². The molecule has 8 heteroatoms. The van der Waals surface area contributed by atoms with Crippen LogP contribution in [0.3, 0.4) is 0 Å². The second kappa shape index (κ2) is 9.12. The third-order valence-corrected chi connectivity index (χ3v) is 6.06.